The van der Waals surface area contributed by atoms with Crippen molar-refractivity contribution in [2.75, 3.05) is 19.6 Å². The number of aliphatic hydroxyl groups is 1. The number of carbonyl (C=O) groups excluding carboxylic acids is 1. The Balaban J connectivity index is 1.38. The van der Waals surface area contributed by atoms with Crippen molar-refractivity contribution in [3.63, 3.8) is 0 Å². The Kier molecular flexibility index (Phi) is 4.39. The fourth-order valence-corrected chi connectivity index (χ4v) is 4.26. The second-order valence-electron chi connectivity index (χ2n) is 6.53. The molecule has 4 heterocycles. The van der Waals surface area contributed by atoms with Gasteiger partial charge in [-0.3, -0.25) is 9.69 Å². The summed E-state index contributed by atoms with van der Waals surface area (Å²) in [5, 5.41) is 15.6. The largest absolute Gasteiger partial charge is 0.393 e. The van der Waals surface area contributed by atoms with E-state index < -0.39 is 0 Å². The standard InChI is InChI=1S/C17H21N3O3S/c21-13-1-5-19(6-2-13)11-14-9-15(18-23-14)17(22)20-7-3-16-12(10-20)4-8-24-16/h4,8-9,13,21H,1-3,5-7,10-11H2. The van der Waals surface area contributed by atoms with Gasteiger partial charge in [-0.1, -0.05) is 5.16 Å². The molecule has 4 rings (SSSR count). The molecule has 1 N–H and O–H groups in total. The number of amides is 1. The fourth-order valence-electron chi connectivity index (χ4n) is 3.37. The monoisotopic (exact) mass is 347 g/mol. The number of hydrogen-bond acceptors (Lipinski definition) is 6. The minimum Gasteiger partial charge on any atom is -0.393 e. The molecule has 0 radical (unpaired) electrons. The van der Waals surface area contributed by atoms with Gasteiger partial charge >= 0.3 is 0 Å². The number of aliphatic hydroxyl groups excluding tert-OH is 1. The molecule has 6 nitrogen and oxygen atoms in total. The summed E-state index contributed by atoms with van der Waals surface area (Å²) >= 11 is 1.76. The Bertz CT molecular complexity index is 718. The number of piperidine rings is 1. The number of rotatable bonds is 3. The third kappa shape index (κ3) is 3.24. The lowest BCUT2D eigenvalue weighted by Gasteiger charge is -2.28. The Labute approximate surface area is 144 Å². The van der Waals surface area contributed by atoms with E-state index in [0.29, 0.717) is 24.5 Å². The predicted molar refractivity (Wildman–Crippen MR) is 89.8 cm³/mol. The van der Waals surface area contributed by atoms with Crippen molar-refractivity contribution in [1.29, 1.82) is 0 Å². The Morgan fingerprint density at radius 3 is 3.04 bits per heavy atom. The maximum atomic E-state index is 12.6. The van der Waals surface area contributed by atoms with Crippen LogP contribution in [0.2, 0.25) is 0 Å². The number of carbonyl (C=O) groups is 1. The van der Waals surface area contributed by atoms with Gasteiger partial charge in [-0.25, -0.2) is 0 Å². The predicted octanol–water partition coefficient (Wildman–Crippen LogP) is 1.89. The summed E-state index contributed by atoms with van der Waals surface area (Å²) < 4.78 is 5.36. The first-order chi connectivity index (χ1) is 11.7. The molecule has 2 aliphatic rings. The van der Waals surface area contributed by atoms with Crippen molar-refractivity contribution in [3.8, 4) is 0 Å². The number of nitrogens with zero attached hydrogens (tertiary/aromatic N) is 3. The number of aromatic nitrogens is 1. The number of hydrogen-bond donors (Lipinski definition) is 1. The zero-order valence-electron chi connectivity index (χ0n) is 13.5. The van der Waals surface area contributed by atoms with Crippen molar-refractivity contribution in [3.05, 3.63) is 39.4 Å². The van der Waals surface area contributed by atoms with Gasteiger partial charge in [-0.2, -0.15) is 0 Å². The van der Waals surface area contributed by atoms with E-state index in [2.05, 4.69) is 21.5 Å². The lowest BCUT2D eigenvalue weighted by molar-refractivity contribution is 0.0719. The minimum atomic E-state index is -0.186. The van der Waals surface area contributed by atoms with Crippen LogP contribution < -0.4 is 0 Å². The maximum absolute atomic E-state index is 12.6. The first kappa shape index (κ1) is 15.8. The van der Waals surface area contributed by atoms with Gasteiger partial charge in [0.05, 0.1) is 12.6 Å². The molecule has 0 spiro atoms. The van der Waals surface area contributed by atoms with Crippen molar-refractivity contribution < 1.29 is 14.4 Å². The van der Waals surface area contributed by atoms with Gasteiger partial charge in [-0.05, 0) is 36.3 Å². The first-order valence-corrected chi connectivity index (χ1v) is 9.27. The molecule has 7 heteroatoms. The topological polar surface area (TPSA) is 69.8 Å². The highest BCUT2D eigenvalue weighted by Gasteiger charge is 2.25. The van der Waals surface area contributed by atoms with Crippen LogP contribution in [0, 0.1) is 0 Å². The van der Waals surface area contributed by atoms with E-state index in [9.17, 15) is 9.90 Å². The van der Waals surface area contributed by atoms with Crippen LogP contribution in [-0.4, -0.2) is 51.7 Å². The molecule has 2 aliphatic heterocycles. The van der Waals surface area contributed by atoms with Crippen LogP contribution >= 0.6 is 11.3 Å². The van der Waals surface area contributed by atoms with Gasteiger partial charge in [-0.15, -0.1) is 11.3 Å². The molecule has 0 aromatic carbocycles. The molecule has 0 saturated carbocycles. The normalized spacial score (nSPS) is 19.5. The maximum Gasteiger partial charge on any atom is 0.276 e. The third-order valence-corrected chi connectivity index (χ3v) is 5.83. The van der Waals surface area contributed by atoms with Crippen LogP contribution in [0.4, 0.5) is 0 Å². The second kappa shape index (κ2) is 6.66. The summed E-state index contributed by atoms with van der Waals surface area (Å²) in [6.45, 7) is 3.72. The van der Waals surface area contributed by atoms with Crippen LogP contribution in [0.1, 0.15) is 39.5 Å². The zero-order valence-corrected chi connectivity index (χ0v) is 14.3. The van der Waals surface area contributed by atoms with E-state index in [1.165, 1.54) is 10.4 Å². The molecule has 2 aromatic heterocycles. The van der Waals surface area contributed by atoms with Gasteiger partial charge in [0.1, 0.15) is 0 Å². The van der Waals surface area contributed by atoms with Crippen molar-refractivity contribution in [2.45, 2.75) is 38.5 Å². The van der Waals surface area contributed by atoms with Gasteiger partial charge in [0, 0.05) is 37.1 Å². The first-order valence-electron chi connectivity index (χ1n) is 8.39. The summed E-state index contributed by atoms with van der Waals surface area (Å²) in [5.41, 5.74) is 1.64. The smallest absolute Gasteiger partial charge is 0.276 e. The summed E-state index contributed by atoms with van der Waals surface area (Å²) in [7, 11) is 0. The summed E-state index contributed by atoms with van der Waals surface area (Å²) in [5.74, 6) is 0.652. The van der Waals surface area contributed by atoms with E-state index in [0.717, 1.165) is 38.9 Å². The lowest BCUT2D eigenvalue weighted by Crippen LogP contribution is -2.35. The molecule has 0 bridgehead atoms. The molecule has 1 saturated heterocycles. The Morgan fingerprint density at radius 2 is 2.21 bits per heavy atom. The van der Waals surface area contributed by atoms with Crippen LogP contribution in [0.5, 0.6) is 0 Å². The highest BCUT2D eigenvalue weighted by Crippen LogP contribution is 2.25. The highest BCUT2D eigenvalue weighted by molar-refractivity contribution is 7.10. The second-order valence-corrected chi connectivity index (χ2v) is 7.53. The molecule has 128 valence electrons. The van der Waals surface area contributed by atoms with Crippen molar-refractivity contribution >= 4 is 17.2 Å². The summed E-state index contributed by atoms with van der Waals surface area (Å²) in [6, 6.07) is 3.86. The van der Waals surface area contributed by atoms with E-state index >= 15 is 0 Å². The van der Waals surface area contributed by atoms with Crippen LogP contribution in [0.15, 0.2) is 22.0 Å². The average Bonchev–Trinajstić information content (AvgIpc) is 3.24. The SMILES string of the molecule is O=C(c1cc(CN2CCC(O)CC2)on1)N1CCc2sccc2C1. The molecular formula is C17H21N3O3S. The van der Waals surface area contributed by atoms with Crippen molar-refractivity contribution in [1.82, 2.24) is 15.0 Å². The number of fused-ring (bicyclic) bond motifs is 1. The van der Waals surface area contributed by atoms with Crippen LogP contribution in [0.25, 0.3) is 0 Å². The molecule has 24 heavy (non-hydrogen) atoms. The highest BCUT2D eigenvalue weighted by atomic mass is 32.1. The minimum absolute atomic E-state index is 0.0593. The van der Waals surface area contributed by atoms with Gasteiger partial charge in [0.25, 0.3) is 5.91 Å². The van der Waals surface area contributed by atoms with Crippen LogP contribution in [0.3, 0.4) is 0 Å². The quantitative estimate of drug-likeness (QED) is 0.918. The third-order valence-electron chi connectivity index (χ3n) is 4.81. The number of thiophene rings is 1. The molecule has 0 atom stereocenters. The average molecular weight is 347 g/mol. The molecule has 0 aliphatic carbocycles. The molecule has 1 amide bonds. The van der Waals surface area contributed by atoms with Crippen LogP contribution in [-0.2, 0) is 19.5 Å². The number of likely N-dealkylation sites (tertiary alicyclic amines) is 1. The van der Waals surface area contributed by atoms with E-state index in [4.69, 9.17) is 4.52 Å². The molecule has 2 aromatic rings. The van der Waals surface area contributed by atoms with Gasteiger partial charge in [0.2, 0.25) is 0 Å². The van der Waals surface area contributed by atoms with Gasteiger partial charge < -0.3 is 14.5 Å². The summed E-state index contributed by atoms with van der Waals surface area (Å²) in [4.78, 5) is 18.1. The van der Waals surface area contributed by atoms with Crippen molar-refractivity contribution in [2.24, 2.45) is 0 Å². The molecular weight excluding hydrogens is 326 g/mol. The molecule has 1 fully saturated rings. The van der Waals surface area contributed by atoms with E-state index in [-0.39, 0.29) is 12.0 Å². The molecule has 0 unspecified atom stereocenters. The lowest BCUT2D eigenvalue weighted by atomic mass is 10.1. The van der Waals surface area contributed by atoms with E-state index in [1.807, 2.05) is 4.90 Å². The van der Waals surface area contributed by atoms with Gasteiger partial charge in [0.15, 0.2) is 11.5 Å². The Morgan fingerprint density at radius 1 is 1.38 bits per heavy atom. The Hall–Kier alpha value is -1.70. The van der Waals surface area contributed by atoms with E-state index in [1.54, 1.807) is 17.4 Å². The zero-order chi connectivity index (χ0) is 16.5. The summed E-state index contributed by atoms with van der Waals surface area (Å²) in [6.07, 6.45) is 2.31. The fraction of sp³-hybridized carbons (Fsp3) is 0.529.